The molecule has 4 rings (SSSR count). The Hall–Kier alpha value is -3.29. The number of carbonyl (C=O) groups excluding carboxylic acids is 2. The molecular weight excluding hydrogens is 344 g/mol. The zero-order valence-corrected chi connectivity index (χ0v) is 15.0. The molecule has 0 fully saturated rings. The lowest BCUT2D eigenvalue weighted by molar-refractivity contribution is -0.124. The Labute approximate surface area is 156 Å². The minimum Gasteiger partial charge on any atom is -0.339 e. The van der Waals surface area contributed by atoms with Gasteiger partial charge >= 0.3 is 0 Å². The van der Waals surface area contributed by atoms with Gasteiger partial charge < -0.3 is 5.32 Å². The number of carbonyl (C=O) groups is 2. The van der Waals surface area contributed by atoms with Crippen LogP contribution in [0.4, 0.5) is 5.82 Å². The molecule has 8 nitrogen and oxygen atoms in total. The molecule has 0 saturated carbocycles. The number of likely N-dealkylation sites (N-methyl/N-ethyl adjacent to an activating group) is 1. The van der Waals surface area contributed by atoms with Gasteiger partial charge in [-0.15, -0.1) is 5.10 Å². The van der Waals surface area contributed by atoms with E-state index in [0.717, 1.165) is 17.1 Å². The number of hydrogen-bond acceptors (Lipinski definition) is 5. The van der Waals surface area contributed by atoms with Gasteiger partial charge in [0.1, 0.15) is 17.6 Å². The van der Waals surface area contributed by atoms with Crippen molar-refractivity contribution in [3.05, 3.63) is 48.2 Å². The molecule has 0 bridgehead atoms. The molecule has 0 unspecified atom stereocenters. The summed E-state index contributed by atoms with van der Waals surface area (Å²) in [5, 5.41) is 15.2. The van der Waals surface area contributed by atoms with E-state index >= 15 is 0 Å². The summed E-state index contributed by atoms with van der Waals surface area (Å²) in [4.78, 5) is 26.8. The fraction of sp³-hybridized carbons (Fsp3) is 0.316. The average molecular weight is 364 g/mol. The van der Waals surface area contributed by atoms with E-state index in [1.807, 2.05) is 30.3 Å². The molecule has 138 valence electrons. The lowest BCUT2D eigenvalue weighted by atomic mass is 10.0. The molecular formula is C19H20N6O2. The highest BCUT2D eigenvalue weighted by Crippen LogP contribution is 2.19. The smallest absolute Gasteiger partial charge is 0.268 e. The number of fused-ring (bicyclic) bond motifs is 1. The maximum Gasteiger partial charge on any atom is 0.268 e. The molecule has 3 heterocycles. The molecule has 0 aliphatic carbocycles. The summed E-state index contributed by atoms with van der Waals surface area (Å²) < 4.78 is 1.76. The zero-order chi connectivity index (χ0) is 18.8. The van der Waals surface area contributed by atoms with E-state index in [1.54, 1.807) is 24.0 Å². The van der Waals surface area contributed by atoms with Crippen molar-refractivity contribution in [3.8, 4) is 0 Å². The Morgan fingerprint density at radius 2 is 2.04 bits per heavy atom. The predicted octanol–water partition coefficient (Wildman–Crippen LogP) is 1.18. The third-order valence-corrected chi connectivity index (χ3v) is 4.80. The van der Waals surface area contributed by atoms with Crippen LogP contribution < -0.4 is 10.2 Å². The highest BCUT2D eigenvalue weighted by atomic mass is 16.2. The van der Waals surface area contributed by atoms with Gasteiger partial charge in [-0.1, -0.05) is 30.3 Å². The number of rotatable bonds is 4. The van der Waals surface area contributed by atoms with Crippen molar-refractivity contribution in [2.75, 3.05) is 11.9 Å². The van der Waals surface area contributed by atoms with Crippen LogP contribution in [0.15, 0.2) is 52.8 Å². The van der Waals surface area contributed by atoms with Crippen LogP contribution in [0.1, 0.15) is 18.4 Å². The number of aryl methyl sites for hydroxylation is 1. The molecule has 2 aromatic rings. The van der Waals surface area contributed by atoms with Crippen LogP contribution in [0.25, 0.3) is 0 Å². The zero-order valence-electron chi connectivity index (χ0n) is 15.0. The van der Waals surface area contributed by atoms with E-state index in [0.29, 0.717) is 31.5 Å². The molecule has 2 aliphatic rings. The molecule has 2 amide bonds. The maximum atomic E-state index is 12.7. The Morgan fingerprint density at radius 3 is 2.85 bits per heavy atom. The molecule has 1 N–H and O–H groups in total. The summed E-state index contributed by atoms with van der Waals surface area (Å²) >= 11 is 0. The van der Waals surface area contributed by atoms with Crippen molar-refractivity contribution in [3.63, 3.8) is 0 Å². The Balaban J connectivity index is 1.36. The highest BCUT2D eigenvalue weighted by Gasteiger charge is 2.31. The topological polar surface area (TPSA) is 92.0 Å². The normalized spacial score (nSPS) is 19.2. The Bertz CT molecular complexity index is 931. The quantitative estimate of drug-likeness (QED) is 0.883. The first-order valence-electron chi connectivity index (χ1n) is 8.88. The minimum atomic E-state index is -0.606. The molecule has 0 spiro atoms. The van der Waals surface area contributed by atoms with Crippen LogP contribution in [0.5, 0.6) is 0 Å². The number of benzene rings is 1. The molecule has 0 saturated heterocycles. The average Bonchev–Trinajstić information content (AvgIpc) is 3.32. The van der Waals surface area contributed by atoms with Crippen molar-refractivity contribution in [1.29, 1.82) is 0 Å². The molecule has 8 heteroatoms. The van der Waals surface area contributed by atoms with Crippen LogP contribution >= 0.6 is 0 Å². The number of amides is 2. The van der Waals surface area contributed by atoms with E-state index in [9.17, 15) is 9.59 Å². The Morgan fingerprint density at radius 1 is 1.22 bits per heavy atom. The fourth-order valence-electron chi connectivity index (χ4n) is 3.33. The molecule has 1 atom stereocenters. The van der Waals surface area contributed by atoms with Gasteiger partial charge in [0.25, 0.3) is 11.8 Å². The number of hydrogen-bond donors (Lipinski definition) is 1. The molecule has 27 heavy (non-hydrogen) atoms. The van der Waals surface area contributed by atoms with Crippen LogP contribution in [0, 0.1) is 0 Å². The van der Waals surface area contributed by atoms with Crippen molar-refractivity contribution < 1.29 is 9.59 Å². The van der Waals surface area contributed by atoms with Crippen LogP contribution in [-0.2, 0) is 22.6 Å². The third-order valence-electron chi connectivity index (χ3n) is 4.80. The second kappa shape index (κ2) is 7.14. The van der Waals surface area contributed by atoms with Crippen LogP contribution in [-0.4, -0.2) is 46.1 Å². The standard InChI is InChI=1S/C19H20N6O2/c1-24-17-7-9-20-25(17)10-8-15(19(24)27)21-18(26)16-12-14(22-23-16)11-13-5-3-2-4-6-13/h2-7,9,15H,8,10-12H2,1H3,(H,21,26)/t15-/m1/s1. The fourth-order valence-corrected chi connectivity index (χ4v) is 3.33. The number of aromatic nitrogens is 2. The number of anilines is 1. The van der Waals surface area contributed by atoms with Gasteiger partial charge in [-0.2, -0.15) is 10.2 Å². The molecule has 1 aromatic heterocycles. The number of nitrogens with zero attached hydrogens (tertiary/aromatic N) is 5. The van der Waals surface area contributed by atoms with Gasteiger partial charge in [-0.3, -0.25) is 14.5 Å². The van der Waals surface area contributed by atoms with Gasteiger partial charge in [-0.05, 0) is 12.0 Å². The second-order valence-corrected chi connectivity index (χ2v) is 6.68. The summed E-state index contributed by atoms with van der Waals surface area (Å²) in [6.45, 7) is 0.561. The van der Waals surface area contributed by atoms with Crippen molar-refractivity contribution in [2.45, 2.75) is 31.8 Å². The highest BCUT2D eigenvalue weighted by molar-refractivity contribution is 6.43. The van der Waals surface area contributed by atoms with Gasteiger partial charge in [0.05, 0.1) is 11.9 Å². The van der Waals surface area contributed by atoms with Crippen molar-refractivity contribution in [1.82, 2.24) is 15.1 Å². The summed E-state index contributed by atoms with van der Waals surface area (Å²) in [7, 11) is 1.69. The van der Waals surface area contributed by atoms with Crippen molar-refractivity contribution >= 4 is 29.1 Å². The molecule has 2 aliphatic heterocycles. The summed E-state index contributed by atoms with van der Waals surface area (Å²) in [5.41, 5.74) is 2.32. The predicted molar refractivity (Wildman–Crippen MR) is 102 cm³/mol. The van der Waals surface area contributed by atoms with Gasteiger partial charge in [0.2, 0.25) is 0 Å². The molecule has 0 radical (unpaired) electrons. The van der Waals surface area contributed by atoms with Crippen LogP contribution in [0.3, 0.4) is 0 Å². The third kappa shape index (κ3) is 3.51. The first-order chi connectivity index (χ1) is 13.1. The van der Waals surface area contributed by atoms with Gasteiger partial charge in [0, 0.05) is 32.5 Å². The first-order valence-corrected chi connectivity index (χ1v) is 8.88. The minimum absolute atomic E-state index is 0.161. The van der Waals surface area contributed by atoms with Crippen molar-refractivity contribution in [2.24, 2.45) is 10.2 Å². The monoisotopic (exact) mass is 364 g/mol. The van der Waals surface area contributed by atoms with Gasteiger partial charge in [0.15, 0.2) is 0 Å². The lowest BCUT2D eigenvalue weighted by Crippen LogP contribution is -2.48. The Kier molecular flexibility index (Phi) is 4.53. The number of nitrogens with one attached hydrogen (secondary N) is 1. The second-order valence-electron chi connectivity index (χ2n) is 6.68. The largest absolute Gasteiger partial charge is 0.339 e. The summed E-state index contributed by atoms with van der Waals surface area (Å²) in [6, 6.07) is 11.1. The van der Waals surface area contributed by atoms with E-state index in [1.165, 1.54) is 4.90 Å². The lowest BCUT2D eigenvalue weighted by Gasteiger charge is -2.20. The van der Waals surface area contributed by atoms with E-state index < -0.39 is 6.04 Å². The van der Waals surface area contributed by atoms with E-state index in [-0.39, 0.29) is 11.8 Å². The van der Waals surface area contributed by atoms with E-state index in [4.69, 9.17) is 0 Å². The first kappa shape index (κ1) is 17.1. The van der Waals surface area contributed by atoms with Gasteiger partial charge in [-0.25, -0.2) is 4.68 Å². The molecule has 1 aromatic carbocycles. The summed E-state index contributed by atoms with van der Waals surface area (Å²) in [6.07, 6.45) is 3.21. The van der Waals surface area contributed by atoms with E-state index in [2.05, 4.69) is 20.6 Å². The maximum absolute atomic E-state index is 12.7. The van der Waals surface area contributed by atoms with Crippen LogP contribution in [0.2, 0.25) is 0 Å². The summed E-state index contributed by atoms with van der Waals surface area (Å²) in [5.74, 6) is 0.225. The SMILES string of the molecule is CN1C(=O)[C@H](NC(=O)C2=NN=C(Cc3ccccc3)C2)CCn2nccc21.